The highest BCUT2D eigenvalue weighted by Gasteiger charge is 2.29. The number of hydrogen-bond acceptors (Lipinski definition) is 7. The molecule has 0 spiro atoms. The van der Waals surface area contributed by atoms with Gasteiger partial charge >= 0.3 is 0 Å². The number of fused-ring (bicyclic) bond motifs is 1. The van der Waals surface area contributed by atoms with Crippen molar-refractivity contribution in [1.82, 2.24) is 34.3 Å². The molecule has 9 nitrogen and oxygen atoms in total. The first-order valence-electron chi connectivity index (χ1n) is 12.0. The minimum absolute atomic E-state index is 0.00539. The third-order valence-corrected chi connectivity index (χ3v) is 6.63. The molecule has 1 aromatic carbocycles. The van der Waals surface area contributed by atoms with Crippen LogP contribution in [0.4, 0.5) is 4.39 Å². The number of ether oxygens (including phenoxy) is 1. The molecule has 2 aliphatic rings. The molecule has 0 unspecified atom stereocenters. The third-order valence-electron chi connectivity index (χ3n) is 6.63. The van der Waals surface area contributed by atoms with Gasteiger partial charge in [0.15, 0.2) is 11.6 Å². The van der Waals surface area contributed by atoms with Crippen LogP contribution in [0.5, 0.6) is 0 Å². The molecule has 0 radical (unpaired) electrons. The van der Waals surface area contributed by atoms with Gasteiger partial charge in [-0.25, -0.2) is 34.0 Å². The summed E-state index contributed by atoms with van der Waals surface area (Å²) in [6.07, 6.45) is 10.3. The zero-order valence-corrected chi connectivity index (χ0v) is 20.1. The first kappa shape index (κ1) is 22.3. The lowest BCUT2D eigenvalue weighted by molar-refractivity contribution is 0.286. The van der Waals surface area contributed by atoms with E-state index in [1.165, 1.54) is 6.07 Å². The maximum absolute atomic E-state index is 14.6. The Labute approximate surface area is 207 Å². The summed E-state index contributed by atoms with van der Waals surface area (Å²) >= 11 is 0. The molecule has 3 aromatic heterocycles. The van der Waals surface area contributed by atoms with E-state index < -0.39 is 0 Å². The topological polar surface area (TPSA) is 95.9 Å². The molecule has 10 heteroatoms. The van der Waals surface area contributed by atoms with Crippen molar-refractivity contribution in [3.63, 3.8) is 0 Å². The van der Waals surface area contributed by atoms with Crippen molar-refractivity contribution in [1.29, 1.82) is 0 Å². The maximum Gasteiger partial charge on any atom is 0.234 e. The Morgan fingerprint density at radius 1 is 1.08 bits per heavy atom. The Balaban J connectivity index is 1.35. The Morgan fingerprint density at radius 3 is 2.72 bits per heavy atom. The molecule has 0 fully saturated rings. The van der Waals surface area contributed by atoms with E-state index in [0.717, 1.165) is 54.3 Å². The fraction of sp³-hybridized carbons (Fsp3) is 0.308. The van der Waals surface area contributed by atoms with Crippen molar-refractivity contribution in [3.05, 3.63) is 83.8 Å². The number of allylic oxidation sites excluding steroid dienone is 1. The molecular weight excluding hydrogens is 459 g/mol. The van der Waals surface area contributed by atoms with Crippen LogP contribution in [0.1, 0.15) is 54.5 Å². The van der Waals surface area contributed by atoms with Crippen LogP contribution in [0, 0.1) is 12.7 Å². The van der Waals surface area contributed by atoms with E-state index in [-0.39, 0.29) is 11.7 Å². The molecule has 0 saturated heterocycles. The van der Waals surface area contributed by atoms with E-state index in [4.69, 9.17) is 19.8 Å². The van der Waals surface area contributed by atoms with E-state index in [2.05, 4.69) is 15.0 Å². The van der Waals surface area contributed by atoms with E-state index in [1.54, 1.807) is 31.9 Å². The van der Waals surface area contributed by atoms with Gasteiger partial charge in [-0.05, 0) is 56.4 Å². The predicted octanol–water partition coefficient (Wildman–Crippen LogP) is 4.36. The molecule has 36 heavy (non-hydrogen) atoms. The molecular formula is C26H25FN8O. The van der Waals surface area contributed by atoms with Crippen LogP contribution >= 0.6 is 0 Å². The lowest BCUT2D eigenvalue weighted by atomic mass is 9.90. The van der Waals surface area contributed by atoms with E-state index in [1.807, 2.05) is 34.5 Å². The van der Waals surface area contributed by atoms with Gasteiger partial charge in [-0.1, -0.05) is 6.07 Å². The fourth-order valence-corrected chi connectivity index (χ4v) is 4.88. The normalized spacial score (nSPS) is 17.6. The molecule has 0 saturated carbocycles. The van der Waals surface area contributed by atoms with Crippen LogP contribution < -0.4 is 0 Å². The average molecular weight is 485 g/mol. The summed E-state index contributed by atoms with van der Waals surface area (Å²) in [5.74, 6) is 2.04. The van der Waals surface area contributed by atoms with Gasteiger partial charge in [0.25, 0.3) is 0 Å². The SMILES string of the molecule is COC1=C(n2cnc(C)c2)CCC(c2nc3n(n2)CCC[C@H]3c2ccc(F)c(-c3ncccn3)c2)=N1. The Kier molecular flexibility index (Phi) is 5.63. The number of methoxy groups -OCH3 is 1. The monoisotopic (exact) mass is 484 g/mol. The standard InChI is InChI=1S/C26H25FN8O/c1-16-14-34(15-30-16)22-9-8-21(31-26(22)36-2)24-32-25-18(5-3-12-35(25)33-24)17-6-7-20(27)19(13-17)23-28-10-4-11-29-23/h4,6-7,10-11,13-15,18H,3,5,8-9,12H2,1-2H3/t18-/m0/s1. The molecule has 4 aromatic rings. The maximum atomic E-state index is 14.6. The lowest BCUT2D eigenvalue weighted by Gasteiger charge is -2.22. The zero-order chi connectivity index (χ0) is 24.6. The number of benzene rings is 1. The molecule has 0 amide bonds. The smallest absolute Gasteiger partial charge is 0.234 e. The number of rotatable bonds is 5. The molecule has 2 aliphatic heterocycles. The molecule has 0 aliphatic carbocycles. The zero-order valence-electron chi connectivity index (χ0n) is 20.1. The summed E-state index contributed by atoms with van der Waals surface area (Å²) in [5, 5.41) is 4.80. The van der Waals surface area contributed by atoms with Gasteiger partial charge in [-0.3, -0.25) is 0 Å². The highest BCUT2D eigenvalue weighted by Crippen LogP contribution is 2.35. The summed E-state index contributed by atoms with van der Waals surface area (Å²) in [7, 11) is 1.62. The second-order valence-corrected chi connectivity index (χ2v) is 8.96. The van der Waals surface area contributed by atoms with Crippen molar-refractivity contribution in [2.75, 3.05) is 7.11 Å². The summed E-state index contributed by atoms with van der Waals surface area (Å²) in [5.41, 5.74) is 4.06. The van der Waals surface area contributed by atoms with Gasteiger partial charge in [-0.2, -0.15) is 0 Å². The fourth-order valence-electron chi connectivity index (χ4n) is 4.88. The van der Waals surface area contributed by atoms with Crippen molar-refractivity contribution in [2.45, 2.75) is 45.1 Å². The number of halogens is 1. The molecule has 6 rings (SSSR count). The lowest BCUT2D eigenvalue weighted by Crippen LogP contribution is -2.18. The minimum Gasteiger partial charge on any atom is -0.480 e. The number of imidazole rings is 1. The van der Waals surface area contributed by atoms with Gasteiger partial charge in [0, 0.05) is 31.1 Å². The average Bonchev–Trinajstić information content (AvgIpc) is 3.55. The van der Waals surface area contributed by atoms with Crippen molar-refractivity contribution < 1.29 is 9.13 Å². The minimum atomic E-state index is -0.345. The van der Waals surface area contributed by atoms with Gasteiger partial charge in [0.1, 0.15) is 11.6 Å². The number of hydrogen-bond donors (Lipinski definition) is 0. The third kappa shape index (κ3) is 3.98. The van der Waals surface area contributed by atoms with Crippen molar-refractivity contribution in [2.24, 2.45) is 4.99 Å². The largest absolute Gasteiger partial charge is 0.480 e. The number of aryl methyl sites for hydroxylation is 2. The van der Waals surface area contributed by atoms with Crippen molar-refractivity contribution in [3.8, 4) is 11.4 Å². The van der Waals surface area contributed by atoms with E-state index in [9.17, 15) is 4.39 Å². The Hall–Kier alpha value is -4.21. The van der Waals surface area contributed by atoms with Crippen LogP contribution in [0.25, 0.3) is 17.1 Å². The quantitative estimate of drug-likeness (QED) is 0.418. The summed E-state index contributed by atoms with van der Waals surface area (Å²) in [6, 6.07) is 6.85. The van der Waals surface area contributed by atoms with Crippen LogP contribution in [-0.2, 0) is 11.3 Å². The highest BCUT2D eigenvalue weighted by molar-refractivity contribution is 5.99. The highest BCUT2D eigenvalue weighted by atomic mass is 19.1. The predicted molar refractivity (Wildman–Crippen MR) is 131 cm³/mol. The van der Waals surface area contributed by atoms with Crippen LogP contribution in [0.15, 0.2) is 60.1 Å². The first-order chi connectivity index (χ1) is 17.6. The van der Waals surface area contributed by atoms with Gasteiger partial charge in [0.2, 0.25) is 5.88 Å². The number of nitrogens with zero attached hydrogens (tertiary/aromatic N) is 8. The first-order valence-corrected chi connectivity index (χ1v) is 12.0. The van der Waals surface area contributed by atoms with Gasteiger partial charge < -0.3 is 9.30 Å². The Morgan fingerprint density at radius 2 is 1.94 bits per heavy atom. The Bertz CT molecular complexity index is 1490. The molecule has 5 heterocycles. The number of aliphatic imine (C=N–C) groups is 1. The second-order valence-electron chi connectivity index (χ2n) is 8.96. The molecule has 182 valence electrons. The van der Waals surface area contributed by atoms with E-state index in [0.29, 0.717) is 29.5 Å². The summed E-state index contributed by atoms with van der Waals surface area (Å²) in [6.45, 7) is 2.74. The summed E-state index contributed by atoms with van der Waals surface area (Å²) in [4.78, 5) is 22.5. The van der Waals surface area contributed by atoms with Crippen LogP contribution in [-0.4, -0.2) is 47.1 Å². The summed E-state index contributed by atoms with van der Waals surface area (Å²) < 4.78 is 24.2. The molecule has 1 atom stereocenters. The van der Waals surface area contributed by atoms with Gasteiger partial charge in [0.05, 0.1) is 36.1 Å². The molecule has 0 bridgehead atoms. The number of aromatic nitrogens is 7. The molecule has 0 N–H and O–H groups in total. The van der Waals surface area contributed by atoms with Gasteiger partial charge in [-0.15, -0.1) is 5.10 Å². The van der Waals surface area contributed by atoms with Crippen molar-refractivity contribution >= 4 is 11.4 Å². The second kappa shape index (κ2) is 9.10. The van der Waals surface area contributed by atoms with Crippen LogP contribution in [0.3, 0.4) is 0 Å². The van der Waals surface area contributed by atoms with Crippen LogP contribution in [0.2, 0.25) is 0 Å². The van der Waals surface area contributed by atoms with E-state index >= 15 is 0 Å².